The molecule has 0 atom stereocenters. The number of nitrogens with two attached hydrogens (primary N) is 1. The molecule has 0 fully saturated rings. The van der Waals surface area contributed by atoms with E-state index < -0.39 is 9.84 Å². The molecular formula is C11H12N2O2S. The van der Waals surface area contributed by atoms with E-state index in [2.05, 4.69) is 4.98 Å². The highest BCUT2D eigenvalue weighted by molar-refractivity contribution is 7.90. The molecule has 2 aromatic rings. The van der Waals surface area contributed by atoms with Crippen LogP contribution < -0.4 is 5.73 Å². The van der Waals surface area contributed by atoms with Crippen molar-refractivity contribution in [3.8, 4) is 0 Å². The third-order valence-electron chi connectivity index (χ3n) is 2.49. The number of anilines is 1. The zero-order valence-electron chi connectivity index (χ0n) is 9.06. The topological polar surface area (TPSA) is 73.0 Å². The van der Waals surface area contributed by atoms with Crippen LogP contribution in [0, 0.1) is 6.92 Å². The van der Waals surface area contributed by atoms with Gasteiger partial charge in [-0.1, -0.05) is 0 Å². The number of aryl methyl sites for hydroxylation is 1. The molecule has 2 N–H and O–H groups in total. The van der Waals surface area contributed by atoms with E-state index in [-0.39, 0.29) is 0 Å². The van der Waals surface area contributed by atoms with Gasteiger partial charge in [0.1, 0.15) is 5.82 Å². The molecule has 84 valence electrons. The summed E-state index contributed by atoms with van der Waals surface area (Å²) in [4.78, 5) is 4.31. The molecule has 0 radical (unpaired) electrons. The van der Waals surface area contributed by atoms with Crippen molar-refractivity contribution in [2.24, 2.45) is 0 Å². The molecule has 0 saturated carbocycles. The van der Waals surface area contributed by atoms with Crippen LogP contribution in [-0.2, 0) is 9.84 Å². The number of hydrogen-bond acceptors (Lipinski definition) is 4. The van der Waals surface area contributed by atoms with Gasteiger partial charge in [-0.15, -0.1) is 0 Å². The zero-order chi connectivity index (χ0) is 11.9. The lowest BCUT2D eigenvalue weighted by Gasteiger charge is -2.07. The molecule has 1 aromatic heterocycles. The number of pyridine rings is 1. The summed E-state index contributed by atoms with van der Waals surface area (Å²) in [6.07, 6.45) is 2.77. The second kappa shape index (κ2) is 3.45. The van der Waals surface area contributed by atoms with Crippen molar-refractivity contribution in [1.29, 1.82) is 0 Å². The molecule has 0 saturated heterocycles. The lowest BCUT2D eigenvalue weighted by Crippen LogP contribution is -2.01. The molecule has 1 heterocycles. The molecule has 0 unspecified atom stereocenters. The van der Waals surface area contributed by atoms with Crippen LogP contribution in [-0.4, -0.2) is 19.7 Å². The Hall–Kier alpha value is -1.62. The van der Waals surface area contributed by atoms with E-state index in [1.807, 2.05) is 0 Å². The molecular weight excluding hydrogens is 224 g/mol. The van der Waals surface area contributed by atoms with E-state index in [0.29, 0.717) is 16.3 Å². The number of nitrogen functional groups attached to an aromatic ring is 1. The largest absolute Gasteiger partial charge is 0.383 e. The fourth-order valence-corrected chi connectivity index (χ4v) is 2.72. The fourth-order valence-electron chi connectivity index (χ4n) is 1.73. The summed E-state index contributed by atoms with van der Waals surface area (Å²) in [5, 5.41) is 1.57. The van der Waals surface area contributed by atoms with Gasteiger partial charge in [-0.25, -0.2) is 13.4 Å². The van der Waals surface area contributed by atoms with Crippen molar-refractivity contribution in [3.63, 3.8) is 0 Å². The smallest absolute Gasteiger partial charge is 0.175 e. The molecule has 0 aliphatic heterocycles. The molecule has 0 spiro atoms. The number of rotatable bonds is 1. The maximum absolute atomic E-state index is 11.5. The molecule has 0 bridgehead atoms. The van der Waals surface area contributed by atoms with Crippen LogP contribution in [0.15, 0.2) is 29.3 Å². The molecule has 4 nitrogen and oxygen atoms in total. The van der Waals surface area contributed by atoms with E-state index in [1.165, 1.54) is 6.26 Å². The number of fused-ring (bicyclic) bond motifs is 1. The normalized spacial score (nSPS) is 11.9. The van der Waals surface area contributed by atoms with Crippen LogP contribution >= 0.6 is 0 Å². The Kier molecular flexibility index (Phi) is 2.35. The second-order valence-electron chi connectivity index (χ2n) is 3.81. The maximum Gasteiger partial charge on any atom is 0.175 e. The summed E-state index contributed by atoms with van der Waals surface area (Å²) in [7, 11) is -3.20. The fraction of sp³-hybridized carbons (Fsp3) is 0.182. The molecule has 0 aliphatic carbocycles. The van der Waals surface area contributed by atoms with Crippen molar-refractivity contribution in [1.82, 2.24) is 4.98 Å². The van der Waals surface area contributed by atoms with Gasteiger partial charge in [-0.05, 0) is 36.1 Å². The predicted octanol–water partition coefficient (Wildman–Crippen LogP) is 1.53. The first-order valence-electron chi connectivity index (χ1n) is 4.74. The van der Waals surface area contributed by atoms with E-state index in [1.54, 1.807) is 31.3 Å². The molecule has 0 aliphatic rings. The summed E-state index contributed by atoms with van der Waals surface area (Å²) < 4.78 is 23.1. The third-order valence-corrected chi connectivity index (χ3v) is 3.73. The Balaban J connectivity index is 2.88. The Morgan fingerprint density at radius 2 is 2.00 bits per heavy atom. The van der Waals surface area contributed by atoms with Crippen LogP contribution in [0.5, 0.6) is 0 Å². The number of aromatic nitrogens is 1. The Morgan fingerprint density at radius 3 is 2.62 bits per heavy atom. The number of hydrogen-bond donors (Lipinski definition) is 1. The van der Waals surface area contributed by atoms with Gasteiger partial charge >= 0.3 is 0 Å². The van der Waals surface area contributed by atoms with Crippen molar-refractivity contribution in [2.75, 3.05) is 12.0 Å². The first-order valence-corrected chi connectivity index (χ1v) is 6.63. The van der Waals surface area contributed by atoms with Gasteiger partial charge in [0, 0.05) is 17.8 Å². The van der Waals surface area contributed by atoms with Crippen LogP contribution in [0.1, 0.15) is 5.56 Å². The van der Waals surface area contributed by atoms with E-state index in [0.717, 1.165) is 10.8 Å². The minimum absolute atomic E-state index is 0.339. The minimum atomic E-state index is -3.20. The zero-order valence-corrected chi connectivity index (χ0v) is 9.88. The Bertz CT molecular complexity index is 663. The standard InChI is InChI=1S/C11H12N2O2S/c1-7-5-9-8(3-4-13-11(9)12)6-10(7)16(2,14)15/h3-6H,1-2H3,(H2,12,13). The number of nitrogens with zero attached hydrogens (tertiary/aromatic N) is 1. The van der Waals surface area contributed by atoms with E-state index >= 15 is 0 Å². The first-order chi connectivity index (χ1) is 7.39. The van der Waals surface area contributed by atoms with Gasteiger partial charge in [-0.2, -0.15) is 0 Å². The van der Waals surface area contributed by atoms with Gasteiger partial charge in [0.15, 0.2) is 9.84 Å². The SMILES string of the molecule is Cc1cc2c(N)nccc2cc1S(C)(=O)=O. The van der Waals surface area contributed by atoms with Crippen LogP contribution in [0.3, 0.4) is 0 Å². The van der Waals surface area contributed by atoms with E-state index in [4.69, 9.17) is 5.73 Å². The Labute approximate surface area is 94.0 Å². The van der Waals surface area contributed by atoms with Crippen LogP contribution in [0.4, 0.5) is 5.82 Å². The van der Waals surface area contributed by atoms with Gasteiger partial charge in [0.05, 0.1) is 4.90 Å². The lowest BCUT2D eigenvalue weighted by molar-refractivity contribution is 0.601. The summed E-state index contributed by atoms with van der Waals surface area (Å²) in [5.74, 6) is 0.417. The summed E-state index contributed by atoms with van der Waals surface area (Å²) in [6.45, 7) is 1.75. The van der Waals surface area contributed by atoms with Crippen molar-refractivity contribution in [3.05, 3.63) is 30.0 Å². The highest BCUT2D eigenvalue weighted by atomic mass is 32.2. The van der Waals surface area contributed by atoms with Gasteiger partial charge in [0.25, 0.3) is 0 Å². The monoisotopic (exact) mass is 236 g/mol. The second-order valence-corrected chi connectivity index (χ2v) is 5.79. The van der Waals surface area contributed by atoms with Gasteiger partial charge < -0.3 is 5.73 Å². The molecule has 0 amide bonds. The maximum atomic E-state index is 11.5. The van der Waals surface area contributed by atoms with Crippen molar-refractivity contribution < 1.29 is 8.42 Å². The van der Waals surface area contributed by atoms with Gasteiger partial charge in [0.2, 0.25) is 0 Å². The summed E-state index contributed by atoms with van der Waals surface area (Å²) in [6, 6.07) is 5.14. The first kappa shape index (κ1) is 10.9. The molecule has 2 rings (SSSR count). The van der Waals surface area contributed by atoms with Crippen molar-refractivity contribution in [2.45, 2.75) is 11.8 Å². The minimum Gasteiger partial charge on any atom is -0.383 e. The van der Waals surface area contributed by atoms with Gasteiger partial charge in [-0.3, -0.25) is 0 Å². The molecule has 5 heteroatoms. The molecule has 16 heavy (non-hydrogen) atoms. The molecule has 1 aromatic carbocycles. The Morgan fingerprint density at radius 1 is 1.31 bits per heavy atom. The number of benzene rings is 1. The summed E-state index contributed by atoms with van der Waals surface area (Å²) in [5.41, 5.74) is 6.41. The predicted molar refractivity (Wildman–Crippen MR) is 64.0 cm³/mol. The average molecular weight is 236 g/mol. The number of sulfone groups is 1. The van der Waals surface area contributed by atoms with E-state index in [9.17, 15) is 8.42 Å². The van der Waals surface area contributed by atoms with Crippen LogP contribution in [0.2, 0.25) is 0 Å². The third kappa shape index (κ3) is 1.74. The quantitative estimate of drug-likeness (QED) is 0.815. The highest BCUT2D eigenvalue weighted by Crippen LogP contribution is 2.25. The lowest BCUT2D eigenvalue weighted by atomic mass is 10.1. The summed E-state index contributed by atoms with van der Waals surface area (Å²) >= 11 is 0. The van der Waals surface area contributed by atoms with Crippen molar-refractivity contribution >= 4 is 26.4 Å². The highest BCUT2D eigenvalue weighted by Gasteiger charge is 2.12. The van der Waals surface area contributed by atoms with Crippen LogP contribution in [0.25, 0.3) is 10.8 Å². The average Bonchev–Trinajstić information content (AvgIpc) is 2.17.